The van der Waals surface area contributed by atoms with E-state index < -0.39 is 0 Å². The molecule has 1 aliphatic heterocycles. The molecule has 1 aromatic heterocycles. The Labute approximate surface area is 193 Å². The summed E-state index contributed by atoms with van der Waals surface area (Å²) in [6.07, 6.45) is 15.3. The van der Waals surface area contributed by atoms with Crippen molar-refractivity contribution in [3.05, 3.63) is 71.9 Å². The van der Waals surface area contributed by atoms with E-state index in [1.54, 1.807) is 0 Å². The molecule has 0 N–H and O–H groups in total. The number of benzene rings is 2. The van der Waals surface area contributed by atoms with Gasteiger partial charge in [0.2, 0.25) is 5.91 Å². The minimum absolute atomic E-state index is 0.304. The van der Waals surface area contributed by atoms with E-state index in [9.17, 15) is 4.79 Å². The summed E-state index contributed by atoms with van der Waals surface area (Å²) < 4.78 is 2.44. The second kappa shape index (κ2) is 11.9. The lowest BCUT2D eigenvalue weighted by atomic mass is 10.1. The Balaban J connectivity index is 1.53. The van der Waals surface area contributed by atoms with E-state index >= 15 is 0 Å². The molecule has 0 atom stereocenters. The molecule has 1 amide bonds. The number of para-hydroxylation sites is 1. The Morgan fingerprint density at radius 1 is 0.656 bits per heavy atom. The Morgan fingerprint density at radius 3 is 2.09 bits per heavy atom. The highest BCUT2D eigenvalue weighted by Crippen LogP contribution is 2.24. The van der Waals surface area contributed by atoms with E-state index in [0.717, 1.165) is 25.9 Å². The van der Waals surface area contributed by atoms with Crippen LogP contribution in [-0.2, 0) is 24.3 Å². The first-order chi connectivity index (χ1) is 15.8. The summed E-state index contributed by atoms with van der Waals surface area (Å²) in [5.74, 6) is 0.304. The molecule has 3 nitrogen and oxygen atoms in total. The van der Waals surface area contributed by atoms with E-state index in [2.05, 4.69) is 64.2 Å². The summed E-state index contributed by atoms with van der Waals surface area (Å²) in [6.45, 7) is 2.58. The van der Waals surface area contributed by atoms with Crippen LogP contribution >= 0.6 is 0 Å². The molecule has 4 rings (SSSR count). The van der Waals surface area contributed by atoms with E-state index in [4.69, 9.17) is 0 Å². The van der Waals surface area contributed by atoms with Gasteiger partial charge in [-0.2, -0.15) is 0 Å². The molecule has 2 heterocycles. The third-order valence-corrected chi connectivity index (χ3v) is 6.88. The van der Waals surface area contributed by atoms with Gasteiger partial charge in [-0.15, -0.1) is 0 Å². The van der Waals surface area contributed by atoms with Gasteiger partial charge in [-0.05, 0) is 36.5 Å². The van der Waals surface area contributed by atoms with Crippen molar-refractivity contribution in [3.63, 3.8) is 0 Å². The zero-order valence-electron chi connectivity index (χ0n) is 19.5. The van der Waals surface area contributed by atoms with Crippen molar-refractivity contribution >= 4 is 16.8 Å². The molecule has 0 spiro atoms. The molecule has 0 saturated heterocycles. The number of nitrogens with zero attached hydrogens (tertiary/aromatic N) is 2. The van der Waals surface area contributed by atoms with Crippen LogP contribution in [0.25, 0.3) is 10.9 Å². The van der Waals surface area contributed by atoms with E-state index in [1.807, 2.05) is 6.07 Å². The molecule has 1 aliphatic rings. The van der Waals surface area contributed by atoms with Crippen molar-refractivity contribution < 1.29 is 4.79 Å². The lowest BCUT2D eigenvalue weighted by Gasteiger charge is -2.23. The fourth-order valence-electron chi connectivity index (χ4n) is 5.01. The second-order valence-electron chi connectivity index (χ2n) is 9.35. The number of hydrogen-bond donors (Lipinski definition) is 0. The summed E-state index contributed by atoms with van der Waals surface area (Å²) in [7, 11) is 0. The molecule has 170 valence electrons. The molecule has 3 aromatic rings. The van der Waals surface area contributed by atoms with Crippen molar-refractivity contribution in [1.29, 1.82) is 0 Å². The topological polar surface area (TPSA) is 25.2 Å². The van der Waals surface area contributed by atoms with E-state index in [-0.39, 0.29) is 0 Å². The van der Waals surface area contributed by atoms with Crippen LogP contribution in [-0.4, -0.2) is 21.9 Å². The van der Waals surface area contributed by atoms with Gasteiger partial charge in [0.1, 0.15) is 0 Å². The highest BCUT2D eigenvalue weighted by atomic mass is 16.2. The second-order valence-corrected chi connectivity index (χ2v) is 9.35. The number of rotatable bonds is 2. The average molecular weight is 431 g/mol. The van der Waals surface area contributed by atoms with E-state index in [1.165, 1.54) is 73.4 Å². The van der Waals surface area contributed by atoms with Crippen molar-refractivity contribution in [2.45, 2.75) is 83.7 Å². The van der Waals surface area contributed by atoms with Crippen molar-refractivity contribution in [2.75, 3.05) is 6.54 Å². The van der Waals surface area contributed by atoms with Gasteiger partial charge in [-0.1, -0.05) is 93.5 Å². The molecule has 0 aliphatic carbocycles. The molecule has 2 aromatic carbocycles. The maximum Gasteiger partial charge on any atom is 0.222 e. The minimum atomic E-state index is 0.304. The standard InChI is InChI=1S/C29H38N2O/c32-29-19-11-6-4-2-1-3-5-7-14-21-30-24-26(27-17-12-13-18-28(27)30)20-22-31(29)23-25-15-9-8-10-16-25/h8-10,12-13,15-18,24H,1-7,11,14,19-23H2. The fourth-order valence-corrected chi connectivity index (χ4v) is 5.01. The van der Waals surface area contributed by atoms with Crippen LogP contribution in [0, 0.1) is 0 Å². The van der Waals surface area contributed by atoms with Crippen LogP contribution in [0.3, 0.4) is 0 Å². The normalized spacial score (nSPS) is 17.8. The van der Waals surface area contributed by atoms with Gasteiger partial charge in [0, 0.05) is 43.2 Å². The maximum absolute atomic E-state index is 13.2. The van der Waals surface area contributed by atoms with Crippen LogP contribution in [0.5, 0.6) is 0 Å². The largest absolute Gasteiger partial charge is 0.347 e. The van der Waals surface area contributed by atoms with Crippen LogP contribution in [0.4, 0.5) is 0 Å². The quantitative estimate of drug-likeness (QED) is 0.424. The third-order valence-electron chi connectivity index (χ3n) is 6.88. The van der Waals surface area contributed by atoms with Gasteiger partial charge >= 0.3 is 0 Å². The molecule has 32 heavy (non-hydrogen) atoms. The van der Waals surface area contributed by atoms with Gasteiger partial charge in [0.25, 0.3) is 0 Å². The Morgan fingerprint density at radius 2 is 1.31 bits per heavy atom. The highest BCUT2D eigenvalue weighted by Gasteiger charge is 2.16. The zero-order chi connectivity index (χ0) is 22.0. The van der Waals surface area contributed by atoms with Gasteiger partial charge in [-0.3, -0.25) is 4.79 Å². The molecule has 0 unspecified atom stereocenters. The van der Waals surface area contributed by atoms with E-state index in [0.29, 0.717) is 18.9 Å². The Hall–Kier alpha value is -2.55. The molecule has 0 fully saturated rings. The third kappa shape index (κ3) is 6.25. The number of carbonyl (C=O) groups excluding carboxylic acids is 1. The number of hydrogen-bond acceptors (Lipinski definition) is 1. The average Bonchev–Trinajstić information content (AvgIpc) is 3.18. The number of aryl methyl sites for hydroxylation is 1. The monoisotopic (exact) mass is 430 g/mol. The highest BCUT2D eigenvalue weighted by molar-refractivity contribution is 5.84. The van der Waals surface area contributed by atoms with Crippen molar-refractivity contribution in [2.24, 2.45) is 0 Å². The first-order valence-corrected chi connectivity index (χ1v) is 12.7. The molecular formula is C29H38N2O. The molecule has 0 saturated carbocycles. The predicted octanol–water partition coefficient (Wildman–Crippen LogP) is 7.13. The summed E-state index contributed by atoms with van der Waals surface area (Å²) in [5, 5.41) is 1.34. The maximum atomic E-state index is 13.2. The Kier molecular flexibility index (Phi) is 8.42. The smallest absolute Gasteiger partial charge is 0.222 e. The van der Waals surface area contributed by atoms with Gasteiger partial charge in [0.05, 0.1) is 0 Å². The number of carbonyl (C=O) groups is 1. The summed E-state index contributed by atoms with van der Waals surface area (Å²) in [6, 6.07) is 19.2. The van der Waals surface area contributed by atoms with Crippen LogP contribution in [0.1, 0.15) is 75.3 Å². The summed E-state index contributed by atoms with van der Waals surface area (Å²) in [5.41, 5.74) is 3.92. The Bertz CT molecular complexity index is 975. The first-order valence-electron chi connectivity index (χ1n) is 12.7. The summed E-state index contributed by atoms with van der Waals surface area (Å²) in [4.78, 5) is 15.2. The van der Waals surface area contributed by atoms with Gasteiger partial charge in [-0.25, -0.2) is 0 Å². The fraction of sp³-hybridized carbons (Fsp3) is 0.483. The number of fused-ring (bicyclic) bond motifs is 5. The molecule has 2 bridgehead atoms. The van der Waals surface area contributed by atoms with Crippen molar-refractivity contribution in [1.82, 2.24) is 9.47 Å². The number of amides is 1. The lowest BCUT2D eigenvalue weighted by Crippen LogP contribution is -2.32. The van der Waals surface area contributed by atoms with Crippen LogP contribution < -0.4 is 0 Å². The van der Waals surface area contributed by atoms with Crippen LogP contribution in [0.15, 0.2) is 60.8 Å². The molecule has 0 radical (unpaired) electrons. The summed E-state index contributed by atoms with van der Waals surface area (Å²) >= 11 is 0. The van der Waals surface area contributed by atoms with Crippen LogP contribution in [0.2, 0.25) is 0 Å². The number of aromatic nitrogens is 1. The molecular weight excluding hydrogens is 392 g/mol. The van der Waals surface area contributed by atoms with Gasteiger partial charge in [0.15, 0.2) is 0 Å². The predicted molar refractivity (Wildman–Crippen MR) is 134 cm³/mol. The lowest BCUT2D eigenvalue weighted by molar-refractivity contribution is -0.131. The first kappa shape index (κ1) is 22.6. The minimum Gasteiger partial charge on any atom is -0.347 e. The van der Waals surface area contributed by atoms with Gasteiger partial charge < -0.3 is 9.47 Å². The zero-order valence-corrected chi connectivity index (χ0v) is 19.5. The molecule has 3 heteroatoms. The van der Waals surface area contributed by atoms with Crippen molar-refractivity contribution in [3.8, 4) is 0 Å². The SMILES string of the molecule is O=C1CCCCCCCCCCCn2cc(c3ccccc32)CCN1Cc1ccccc1.